The molecule has 0 aliphatic carbocycles. The van der Waals surface area contributed by atoms with Crippen molar-refractivity contribution in [1.82, 2.24) is 0 Å². The molecular weight excluding hydrogens is 262 g/mol. The average molecular weight is 277 g/mol. The normalized spacial score (nSPS) is 10.3. The molecule has 0 unspecified atom stereocenters. The van der Waals surface area contributed by atoms with Gasteiger partial charge >= 0.3 is 5.97 Å². The fourth-order valence-corrected chi connectivity index (χ4v) is 1.85. The Labute approximate surface area is 112 Å². The Bertz CT molecular complexity index is 579. The van der Waals surface area contributed by atoms with Gasteiger partial charge in [0.1, 0.15) is 13.6 Å². The maximum Gasteiger partial charge on any atom is 0.339 e. The molecular formula is C13H15NO4Si. The summed E-state index contributed by atoms with van der Waals surface area (Å²) in [5.41, 5.74) is 3.11. The predicted molar refractivity (Wildman–Crippen MR) is 74.7 cm³/mol. The van der Waals surface area contributed by atoms with E-state index < -0.39 is 19.0 Å². The van der Waals surface area contributed by atoms with Crippen molar-refractivity contribution in [3.05, 3.63) is 39.4 Å². The Hall–Kier alpha value is -2.13. The molecule has 0 aromatic heterocycles. The highest BCUT2D eigenvalue weighted by Crippen LogP contribution is 2.22. The molecule has 0 radical (unpaired) electrons. The number of nitro benzene ring substituents is 1. The van der Waals surface area contributed by atoms with Crippen LogP contribution in [0, 0.1) is 21.6 Å². The van der Waals surface area contributed by atoms with E-state index in [4.69, 9.17) is 0 Å². The molecule has 0 atom stereocenters. The zero-order chi connectivity index (χ0) is 14.6. The maximum atomic E-state index is 11.6. The van der Waals surface area contributed by atoms with Crippen molar-refractivity contribution in [2.75, 3.05) is 7.11 Å². The molecule has 0 N–H and O–H groups in total. The number of methoxy groups -OCH3 is 1. The Balaban J connectivity index is 3.50. The standard InChI is InChI=1S/C13H15NO4Si/c1-18-13(15)11-6-5-7-12(14(16)17)10(11)8-9-19(2,3)4/h5-7H,1-4H3. The quantitative estimate of drug-likeness (QED) is 0.274. The summed E-state index contributed by atoms with van der Waals surface area (Å²) < 4.78 is 4.63. The molecule has 0 heterocycles. The van der Waals surface area contributed by atoms with Crippen molar-refractivity contribution in [2.45, 2.75) is 19.6 Å². The molecule has 1 rings (SSSR count). The molecule has 100 valence electrons. The molecule has 0 fully saturated rings. The van der Waals surface area contributed by atoms with Crippen LogP contribution in [0.15, 0.2) is 18.2 Å². The van der Waals surface area contributed by atoms with Crippen molar-refractivity contribution in [3.8, 4) is 11.5 Å². The lowest BCUT2D eigenvalue weighted by Crippen LogP contribution is -2.16. The molecule has 19 heavy (non-hydrogen) atoms. The third kappa shape index (κ3) is 3.93. The fraction of sp³-hybridized carbons (Fsp3) is 0.308. The van der Waals surface area contributed by atoms with Gasteiger partial charge in [-0.15, -0.1) is 5.54 Å². The summed E-state index contributed by atoms with van der Waals surface area (Å²) in [5, 5.41) is 11.0. The van der Waals surface area contributed by atoms with E-state index >= 15 is 0 Å². The SMILES string of the molecule is COC(=O)c1cccc([N+](=O)[O-])c1C#C[Si](C)(C)C. The Morgan fingerprint density at radius 1 is 1.37 bits per heavy atom. The molecule has 0 amide bonds. The number of esters is 1. The number of nitro groups is 1. The van der Waals surface area contributed by atoms with Crippen molar-refractivity contribution >= 4 is 19.7 Å². The first kappa shape index (κ1) is 14.9. The van der Waals surface area contributed by atoms with E-state index in [0.717, 1.165) is 0 Å². The Morgan fingerprint density at radius 2 is 2.00 bits per heavy atom. The summed E-state index contributed by atoms with van der Waals surface area (Å²) in [4.78, 5) is 22.1. The van der Waals surface area contributed by atoms with Gasteiger partial charge in [-0.1, -0.05) is 31.6 Å². The van der Waals surface area contributed by atoms with Crippen LogP contribution in [0.25, 0.3) is 0 Å². The Morgan fingerprint density at radius 3 is 2.47 bits per heavy atom. The van der Waals surface area contributed by atoms with Crippen LogP contribution in [0.1, 0.15) is 15.9 Å². The molecule has 0 aliphatic heterocycles. The van der Waals surface area contributed by atoms with Crippen molar-refractivity contribution in [2.24, 2.45) is 0 Å². The lowest BCUT2D eigenvalue weighted by atomic mass is 10.1. The van der Waals surface area contributed by atoms with Gasteiger partial charge in [0, 0.05) is 6.07 Å². The number of nitrogens with zero attached hydrogens (tertiary/aromatic N) is 1. The first-order valence-electron chi connectivity index (χ1n) is 5.65. The van der Waals surface area contributed by atoms with E-state index in [0.29, 0.717) is 0 Å². The smallest absolute Gasteiger partial charge is 0.339 e. The minimum absolute atomic E-state index is 0.127. The van der Waals surface area contributed by atoms with E-state index in [1.165, 1.54) is 25.3 Å². The van der Waals surface area contributed by atoms with Gasteiger partial charge in [0.15, 0.2) is 0 Å². The maximum absolute atomic E-state index is 11.6. The van der Waals surface area contributed by atoms with Crippen molar-refractivity contribution in [3.63, 3.8) is 0 Å². The van der Waals surface area contributed by atoms with Gasteiger partial charge < -0.3 is 4.74 Å². The molecule has 0 saturated heterocycles. The lowest BCUT2D eigenvalue weighted by Gasteiger charge is -2.06. The van der Waals surface area contributed by atoms with E-state index in [-0.39, 0.29) is 16.8 Å². The zero-order valence-electron chi connectivity index (χ0n) is 11.3. The fourth-order valence-electron chi connectivity index (χ4n) is 1.35. The monoisotopic (exact) mass is 277 g/mol. The summed E-state index contributed by atoms with van der Waals surface area (Å²) in [6.45, 7) is 6.06. The second-order valence-electron chi connectivity index (χ2n) is 4.95. The van der Waals surface area contributed by atoms with Crippen LogP contribution in [0.4, 0.5) is 5.69 Å². The van der Waals surface area contributed by atoms with Gasteiger partial charge in [0.25, 0.3) is 5.69 Å². The number of hydrogen-bond donors (Lipinski definition) is 0. The molecule has 0 bridgehead atoms. The number of rotatable bonds is 2. The molecule has 6 heteroatoms. The zero-order valence-corrected chi connectivity index (χ0v) is 12.3. The Kier molecular flexibility index (Phi) is 4.46. The van der Waals surface area contributed by atoms with Gasteiger partial charge in [-0.05, 0) is 6.07 Å². The second-order valence-corrected chi connectivity index (χ2v) is 9.70. The third-order valence-electron chi connectivity index (χ3n) is 2.21. The van der Waals surface area contributed by atoms with E-state index in [2.05, 4.69) is 16.2 Å². The van der Waals surface area contributed by atoms with Crippen LogP contribution in [0.2, 0.25) is 19.6 Å². The summed E-state index contributed by atoms with van der Waals surface area (Å²) >= 11 is 0. The van der Waals surface area contributed by atoms with Crippen LogP contribution in [0.3, 0.4) is 0 Å². The number of benzene rings is 1. The van der Waals surface area contributed by atoms with Crippen LogP contribution in [0.5, 0.6) is 0 Å². The first-order valence-corrected chi connectivity index (χ1v) is 9.15. The van der Waals surface area contributed by atoms with Crippen LogP contribution in [-0.4, -0.2) is 26.1 Å². The average Bonchev–Trinajstić information content (AvgIpc) is 2.33. The number of hydrogen-bond acceptors (Lipinski definition) is 4. The molecule has 0 saturated carbocycles. The first-order chi connectivity index (χ1) is 8.76. The lowest BCUT2D eigenvalue weighted by molar-refractivity contribution is -0.385. The second kappa shape index (κ2) is 5.67. The highest BCUT2D eigenvalue weighted by Gasteiger charge is 2.21. The largest absolute Gasteiger partial charge is 0.465 e. The molecule has 5 nitrogen and oxygen atoms in total. The van der Waals surface area contributed by atoms with Crippen LogP contribution in [-0.2, 0) is 4.74 Å². The van der Waals surface area contributed by atoms with Gasteiger partial charge in [-0.25, -0.2) is 4.79 Å². The highest BCUT2D eigenvalue weighted by atomic mass is 28.3. The molecule has 0 spiro atoms. The van der Waals surface area contributed by atoms with E-state index in [1.807, 2.05) is 19.6 Å². The number of carbonyl (C=O) groups is 1. The topological polar surface area (TPSA) is 69.4 Å². The molecule has 0 aliphatic rings. The third-order valence-corrected chi connectivity index (χ3v) is 3.08. The van der Waals surface area contributed by atoms with Crippen LogP contribution < -0.4 is 0 Å². The summed E-state index contributed by atoms with van der Waals surface area (Å²) in [6.07, 6.45) is 0. The van der Waals surface area contributed by atoms with Crippen molar-refractivity contribution in [1.29, 1.82) is 0 Å². The van der Waals surface area contributed by atoms with E-state index in [9.17, 15) is 14.9 Å². The summed E-state index contributed by atoms with van der Waals surface area (Å²) in [5.74, 6) is 2.17. The van der Waals surface area contributed by atoms with Crippen molar-refractivity contribution < 1.29 is 14.5 Å². The van der Waals surface area contributed by atoms with Gasteiger partial charge in [0.2, 0.25) is 0 Å². The number of ether oxygens (including phenoxy) is 1. The molecule has 1 aromatic carbocycles. The molecule has 1 aromatic rings. The van der Waals surface area contributed by atoms with Crippen LogP contribution >= 0.6 is 0 Å². The minimum atomic E-state index is -1.70. The number of carbonyl (C=O) groups excluding carboxylic acids is 1. The van der Waals surface area contributed by atoms with Gasteiger partial charge in [-0.3, -0.25) is 10.1 Å². The predicted octanol–water partition coefficient (Wildman–Crippen LogP) is 2.61. The highest BCUT2D eigenvalue weighted by molar-refractivity contribution is 6.83. The van der Waals surface area contributed by atoms with E-state index in [1.54, 1.807) is 0 Å². The van der Waals surface area contributed by atoms with Gasteiger partial charge in [0.05, 0.1) is 17.6 Å². The summed E-state index contributed by atoms with van der Waals surface area (Å²) in [6, 6.07) is 4.26. The minimum Gasteiger partial charge on any atom is -0.465 e. The van der Waals surface area contributed by atoms with Gasteiger partial charge in [-0.2, -0.15) is 0 Å². The summed E-state index contributed by atoms with van der Waals surface area (Å²) in [7, 11) is -0.468.